The number of hydrogen-bond donors (Lipinski definition) is 1. The van der Waals surface area contributed by atoms with Crippen LogP contribution in [0.5, 0.6) is 5.88 Å². The number of anilines is 2. The molecule has 32 heavy (non-hydrogen) atoms. The topological polar surface area (TPSA) is 99.2 Å². The molecule has 4 heterocycles. The van der Waals surface area contributed by atoms with Crippen molar-refractivity contribution < 1.29 is 9.53 Å². The van der Waals surface area contributed by atoms with E-state index in [1.165, 1.54) is 6.08 Å². The molecular weight excluding hydrogens is 410 g/mol. The van der Waals surface area contributed by atoms with Gasteiger partial charge in [0.05, 0.1) is 31.4 Å². The van der Waals surface area contributed by atoms with Crippen molar-refractivity contribution in [3.8, 4) is 5.88 Å². The van der Waals surface area contributed by atoms with E-state index in [9.17, 15) is 9.59 Å². The molecule has 1 atom stereocenters. The average Bonchev–Trinajstić information content (AvgIpc) is 3.47. The van der Waals surface area contributed by atoms with Crippen molar-refractivity contribution in [1.29, 1.82) is 0 Å². The smallest absolute Gasteiger partial charge is 0.277 e. The van der Waals surface area contributed by atoms with Crippen molar-refractivity contribution in [2.24, 2.45) is 7.05 Å². The normalized spacial score (nSPS) is 18.7. The first kappa shape index (κ1) is 20.3. The molecule has 1 unspecified atom stereocenters. The monoisotopic (exact) mass is 437 g/mol. The van der Waals surface area contributed by atoms with E-state index in [0.29, 0.717) is 53.8 Å². The first-order valence-electron chi connectivity index (χ1n) is 10.9. The maximum Gasteiger partial charge on any atom is 0.277 e. The van der Waals surface area contributed by atoms with Gasteiger partial charge in [-0.15, -0.1) is 5.10 Å². The zero-order valence-corrected chi connectivity index (χ0v) is 18.3. The van der Waals surface area contributed by atoms with Crippen LogP contribution in [0.15, 0.2) is 36.2 Å². The predicted octanol–water partition coefficient (Wildman–Crippen LogP) is 2.37. The number of rotatable bonds is 6. The quantitative estimate of drug-likeness (QED) is 0.595. The summed E-state index contributed by atoms with van der Waals surface area (Å²) in [4.78, 5) is 32.1. The molecule has 0 aromatic carbocycles. The van der Waals surface area contributed by atoms with Gasteiger partial charge in [0.25, 0.3) is 11.4 Å². The lowest BCUT2D eigenvalue weighted by molar-refractivity contribution is -0.125. The second kappa shape index (κ2) is 7.85. The molecule has 2 fully saturated rings. The van der Waals surface area contributed by atoms with Crippen LogP contribution in [0.2, 0.25) is 0 Å². The van der Waals surface area contributed by atoms with Crippen LogP contribution in [-0.2, 0) is 11.8 Å². The second-order valence-corrected chi connectivity index (χ2v) is 8.47. The summed E-state index contributed by atoms with van der Waals surface area (Å²) in [6.45, 7) is 4.65. The van der Waals surface area contributed by atoms with E-state index in [-0.39, 0.29) is 17.5 Å². The van der Waals surface area contributed by atoms with Gasteiger partial charge in [-0.05, 0) is 31.8 Å². The first-order chi connectivity index (χ1) is 15.5. The minimum absolute atomic E-state index is 0.0778. The Morgan fingerprint density at radius 2 is 2.03 bits per heavy atom. The van der Waals surface area contributed by atoms with Gasteiger partial charge in [-0.3, -0.25) is 14.3 Å². The second-order valence-electron chi connectivity index (χ2n) is 8.47. The van der Waals surface area contributed by atoms with Crippen LogP contribution >= 0.6 is 0 Å². The summed E-state index contributed by atoms with van der Waals surface area (Å²) in [5.74, 6) is 0.347. The van der Waals surface area contributed by atoms with Crippen LogP contribution in [0.3, 0.4) is 0 Å². The maximum absolute atomic E-state index is 13.6. The minimum Gasteiger partial charge on any atom is -0.478 e. The lowest BCUT2D eigenvalue weighted by Crippen LogP contribution is -2.31. The standard InChI is InChI=1S/C22H27N7O3/c1-4-18(30)27-9-8-15(10-27)28-12-16(24-17-11-26(2)25-21(17)32-3)19-20(22(28)31)29(13-23-19)14-6-5-7-14/h4,11-15,24H,1,5-10H2,2-3H3. The van der Waals surface area contributed by atoms with Crippen molar-refractivity contribution >= 4 is 28.3 Å². The molecule has 10 heteroatoms. The number of pyridine rings is 1. The number of aryl methyl sites for hydroxylation is 1. The summed E-state index contributed by atoms with van der Waals surface area (Å²) >= 11 is 0. The molecule has 1 amide bonds. The summed E-state index contributed by atoms with van der Waals surface area (Å²) in [7, 11) is 3.39. The van der Waals surface area contributed by atoms with E-state index in [0.717, 1.165) is 19.3 Å². The summed E-state index contributed by atoms with van der Waals surface area (Å²) in [6.07, 6.45) is 10.7. The van der Waals surface area contributed by atoms with Gasteiger partial charge in [0.2, 0.25) is 5.91 Å². The SMILES string of the molecule is C=CC(=O)N1CCC(n2cc(Nc3cn(C)nc3OC)c3ncn(C4CCC4)c3c2=O)C1. The highest BCUT2D eigenvalue weighted by Gasteiger charge is 2.30. The molecule has 1 aliphatic heterocycles. The fourth-order valence-electron chi connectivity index (χ4n) is 4.60. The van der Waals surface area contributed by atoms with Crippen molar-refractivity contribution in [3.05, 3.63) is 41.7 Å². The van der Waals surface area contributed by atoms with Crippen LogP contribution < -0.4 is 15.6 Å². The number of aromatic nitrogens is 5. The molecule has 3 aromatic rings. The molecular formula is C22H27N7O3. The Kier molecular flexibility index (Phi) is 4.99. The Morgan fingerprint density at radius 1 is 1.22 bits per heavy atom. The zero-order chi connectivity index (χ0) is 22.4. The van der Waals surface area contributed by atoms with E-state index in [1.807, 2.05) is 24.0 Å². The molecule has 1 saturated heterocycles. The molecule has 10 nitrogen and oxygen atoms in total. The highest BCUT2D eigenvalue weighted by molar-refractivity contribution is 5.90. The molecule has 3 aromatic heterocycles. The zero-order valence-electron chi connectivity index (χ0n) is 18.3. The molecule has 1 saturated carbocycles. The molecule has 5 rings (SSSR count). The van der Waals surface area contributed by atoms with E-state index < -0.39 is 0 Å². The van der Waals surface area contributed by atoms with Crippen molar-refractivity contribution in [2.45, 2.75) is 37.8 Å². The van der Waals surface area contributed by atoms with Gasteiger partial charge < -0.3 is 24.1 Å². The number of nitrogens with one attached hydrogen (secondary N) is 1. The fraction of sp³-hybridized carbons (Fsp3) is 0.455. The highest BCUT2D eigenvalue weighted by Crippen LogP contribution is 2.36. The van der Waals surface area contributed by atoms with Gasteiger partial charge in [0.1, 0.15) is 16.7 Å². The van der Waals surface area contributed by atoms with Crippen molar-refractivity contribution in [1.82, 2.24) is 28.8 Å². The summed E-state index contributed by atoms with van der Waals surface area (Å²) in [6, 6.07) is 0.184. The van der Waals surface area contributed by atoms with Crippen LogP contribution in [-0.4, -0.2) is 54.9 Å². The molecule has 1 N–H and O–H groups in total. The minimum atomic E-state index is -0.114. The number of ether oxygens (including phenoxy) is 1. The third-order valence-corrected chi connectivity index (χ3v) is 6.52. The van der Waals surface area contributed by atoms with E-state index in [4.69, 9.17) is 4.74 Å². The van der Waals surface area contributed by atoms with Gasteiger partial charge in [0.15, 0.2) is 0 Å². The third kappa shape index (κ3) is 3.26. The van der Waals surface area contributed by atoms with Crippen LogP contribution in [0.25, 0.3) is 11.0 Å². The van der Waals surface area contributed by atoms with Crippen LogP contribution in [0.4, 0.5) is 11.4 Å². The summed E-state index contributed by atoms with van der Waals surface area (Å²) < 4.78 is 10.8. The Bertz CT molecular complexity index is 1250. The summed E-state index contributed by atoms with van der Waals surface area (Å²) in [5, 5.41) is 7.67. The lowest BCUT2D eigenvalue weighted by atomic mass is 9.93. The van der Waals surface area contributed by atoms with Gasteiger partial charge in [-0.25, -0.2) is 4.98 Å². The largest absolute Gasteiger partial charge is 0.478 e. The Balaban J connectivity index is 1.62. The number of amides is 1. The molecule has 0 spiro atoms. The van der Waals surface area contributed by atoms with E-state index in [2.05, 4.69) is 22.0 Å². The van der Waals surface area contributed by atoms with Gasteiger partial charge in [0, 0.05) is 32.4 Å². The number of hydrogen-bond acceptors (Lipinski definition) is 6. The van der Waals surface area contributed by atoms with Crippen LogP contribution in [0.1, 0.15) is 37.8 Å². The number of nitrogens with zero attached hydrogens (tertiary/aromatic N) is 6. The Labute approximate surface area is 185 Å². The number of methoxy groups -OCH3 is 1. The van der Waals surface area contributed by atoms with Gasteiger partial charge in [-0.1, -0.05) is 6.58 Å². The number of imidazole rings is 1. The highest BCUT2D eigenvalue weighted by atomic mass is 16.5. The number of fused-ring (bicyclic) bond motifs is 1. The maximum atomic E-state index is 13.6. The molecule has 0 radical (unpaired) electrons. The van der Waals surface area contributed by atoms with Crippen molar-refractivity contribution in [3.63, 3.8) is 0 Å². The number of carbonyl (C=O) groups excluding carboxylic acids is 1. The fourth-order valence-corrected chi connectivity index (χ4v) is 4.60. The van der Waals surface area contributed by atoms with Gasteiger partial charge in [-0.2, -0.15) is 0 Å². The van der Waals surface area contributed by atoms with Crippen LogP contribution in [0, 0.1) is 0 Å². The third-order valence-electron chi connectivity index (χ3n) is 6.52. The van der Waals surface area contributed by atoms with Gasteiger partial charge >= 0.3 is 0 Å². The number of carbonyl (C=O) groups is 1. The predicted molar refractivity (Wildman–Crippen MR) is 120 cm³/mol. The summed E-state index contributed by atoms with van der Waals surface area (Å²) in [5.41, 5.74) is 2.54. The molecule has 2 aliphatic rings. The van der Waals surface area contributed by atoms with Crippen molar-refractivity contribution in [2.75, 3.05) is 25.5 Å². The average molecular weight is 438 g/mol. The Hall–Kier alpha value is -3.56. The molecule has 1 aliphatic carbocycles. The number of likely N-dealkylation sites (tertiary alicyclic amines) is 1. The molecule has 0 bridgehead atoms. The molecule has 168 valence electrons. The lowest BCUT2D eigenvalue weighted by Gasteiger charge is -2.27. The first-order valence-corrected chi connectivity index (χ1v) is 10.9. The van der Waals surface area contributed by atoms with E-state index >= 15 is 0 Å². The van der Waals surface area contributed by atoms with E-state index in [1.54, 1.807) is 27.6 Å². The Morgan fingerprint density at radius 3 is 2.72 bits per heavy atom.